The van der Waals surface area contributed by atoms with E-state index < -0.39 is 0 Å². The van der Waals surface area contributed by atoms with Crippen LogP contribution in [0.5, 0.6) is 0 Å². The lowest BCUT2D eigenvalue weighted by Gasteiger charge is -2.10. The highest BCUT2D eigenvalue weighted by atomic mass is 19.1. The number of halogens is 1. The van der Waals surface area contributed by atoms with Gasteiger partial charge in [-0.2, -0.15) is 10.4 Å². The Balaban J connectivity index is 1.94. The van der Waals surface area contributed by atoms with Crippen LogP contribution in [0.25, 0.3) is 28.3 Å². The molecule has 7 nitrogen and oxygen atoms in total. The number of aliphatic hydroxyl groups excluding tert-OH is 1. The van der Waals surface area contributed by atoms with Gasteiger partial charge in [0.1, 0.15) is 17.6 Å². The molecular weight excluding hydrogens is 347 g/mol. The Hall–Kier alpha value is -3.57. The van der Waals surface area contributed by atoms with Crippen molar-refractivity contribution < 1.29 is 9.50 Å². The number of aliphatic hydroxyl groups is 1. The van der Waals surface area contributed by atoms with E-state index in [4.69, 9.17) is 0 Å². The summed E-state index contributed by atoms with van der Waals surface area (Å²) in [5.74, 6) is -0.285. The largest absolute Gasteiger partial charge is 0.395 e. The second-order valence-electron chi connectivity index (χ2n) is 6.07. The maximum Gasteiger partial charge on any atom is 0.162 e. The summed E-state index contributed by atoms with van der Waals surface area (Å²) in [5.41, 5.74) is 4.00. The second kappa shape index (κ2) is 6.63. The number of nitriles is 1. The molecule has 0 atom stereocenters. The van der Waals surface area contributed by atoms with Crippen LogP contribution in [0.15, 0.2) is 42.9 Å². The molecule has 134 valence electrons. The highest BCUT2D eigenvalue weighted by Crippen LogP contribution is 2.31. The Morgan fingerprint density at radius 1 is 1.22 bits per heavy atom. The molecule has 0 spiro atoms. The number of rotatable bonds is 4. The van der Waals surface area contributed by atoms with E-state index in [-0.39, 0.29) is 12.4 Å². The molecular formula is C19H15FN6O. The van der Waals surface area contributed by atoms with Crippen LogP contribution in [0.3, 0.4) is 0 Å². The van der Waals surface area contributed by atoms with Crippen LogP contribution in [-0.2, 0) is 6.54 Å². The van der Waals surface area contributed by atoms with Crippen LogP contribution in [0.1, 0.15) is 11.3 Å². The van der Waals surface area contributed by atoms with E-state index in [0.717, 1.165) is 5.56 Å². The Bertz CT molecular complexity index is 1190. The van der Waals surface area contributed by atoms with E-state index in [1.807, 2.05) is 0 Å². The normalized spacial score (nSPS) is 11.0. The third-order valence-electron chi connectivity index (χ3n) is 4.33. The summed E-state index contributed by atoms with van der Waals surface area (Å²) in [6.45, 7) is 1.96. The molecule has 0 fully saturated rings. The molecule has 4 aromatic rings. The van der Waals surface area contributed by atoms with E-state index in [2.05, 4.69) is 21.1 Å². The number of fused-ring (bicyclic) bond motifs is 1. The molecule has 0 aliphatic rings. The Kier molecular flexibility index (Phi) is 4.14. The topological polar surface area (TPSA) is 92.0 Å². The molecule has 3 aromatic heterocycles. The van der Waals surface area contributed by atoms with Crippen molar-refractivity contribution in [2.75, 3.05) is 6.61 Å². The molecule has 0 saturated heterocycles. The van der Waals surface area contributed by atoms with Gasteiger partial charge in [0.15, 0.2) is 11.3 Å². The fourth-order valence-corrected chi connectivity index (χ4v) is 3.01. The third-order valence-corrected chi connectivity index (χ3v) is 4.33. The zero-order chi connectivity index (χ0) is 19.0. The Labute approximate surface area is 154 Å². The van der Waals surface area contributed by atoms with Gasteiger partial charge in [-0.25, -0.2) is 18.9 Å². The van der Waals surface area contributed by atoms with Gasteiger partial charge in [0.2, 0.25) is 0 Å². The first-order chi connectivity index (χ1) is 13.1. The summed E-state index contributed by atoms with van der Waals surface area (Å²) >= 11 is 0. The van der Waals surface area contributed by atoms with Gasteiger partial charge >= 0.3 is 0 Å². The Morgan fingerprint density at radius 2 is 2.07 bits per heavy atom. The summed E-state index contributed by atoms with van der Waals surface area (Å²) in [7, 11) is 0. The number of hydrogen-bond acceptors (Lipinski definition) is 5. The molecule has 0 saturated carbocycles. The number of nitrogens with zero attached hydrogens (tertiary/aromatic N) is 6. The van der Waals surface area contributed by atoms with Crippen LogP contribution in [0, 0.1) is 24.1 Å². The molecule has 27 heavy (non-hydrogen) atoms. The number of aromatic nitrogens is 5. The first-order valence-corrected chi connectivity index (χ1v) is 8.30. The van der Waals surface area contributed by atoms with E-state index in [1.54, 1.807) is 42.1 Å². The minimum atomic E-state index is -0.285. The molecule has 3 heterocycles. The van der Waals surface area contributed by atoms with Gasteiger partial charge in [-0.15, -0.1) is 0 Å². The third kappa shape index (κ3) is 2.84. The maximum absolute atomic E-state index is 13.7. The SMILES string of the molecule is Cc1cc(-c2ncn(CCO)c2-c2ccc3ncc(C#N)n3n2)ccc1F. The zero-order valence-corrected chi connectivity index (χ0v) is 14.5. The predicted octanol–water partition coefficient (Wildman–Crippen LogP) is 2.57. The zero-order valence-electron chi connectivity index (χ0n) is 14.5. The molecule has 4 rings (SSSR count). The number of aryl methyl sites for hydroxylation is 1. The van der Waals surface area contributed by atoms with Crippen molar-refractivity contribution in [2.45, 2.75) is 13.5 Å². The highest BCUT2D eigenvalue weighted by molar-refractivity contribution is 5.77. The summed E-state index contributed by atoms with van der Waals surface area (Å²) in [6.07, 6.45) is 3.08. The molecule has 8 heteroatoms. The molecule has 1 N–H and O–H groups in total. The van der Waals surface area contributed by atoms with Gasteiger partial charge in [-0.05, 0) is 42.8 Å². The van der Waals surface area contributed by atoms with Gasteiger partial charge < -0.3 is 9.67 Å². The van der Waals surface area contributed by atoms with Crippen molar-refractivity contribution in [1.29, 1.82) is 5.26 Å². The van der Waals surface area contributed by atoms with Gasteiger partial charge in [-0.1, -0.05) is 0 Å². The molecule has 1 aromatic carbocycles. The van der Waals surface area contributed by atoms with Gasteiger partial charge in [-0.3, -0.25) is 0 Å². The lowest BCUT2D eigenvalue weighted by molar-refractivity contribution is 0.276. The number of benzene rings is 1. The fourth-order valence-electron chi connectivity index (χ4n) is 3.01. The maximum atomic E-state index is 13.7. The van der Waals surface area contributed by atoms with Gasteiger partial charge in [0, 0.05) is 12.1 Å². The van der Waals surface area contributed by atoms with Gasteiger partial charge in [0.25, 0.3) is 0 Å². The van der Waals surface area contributed by atoms with E-state index in [9.17, 15) is 14.8 Å². The summed E-state index contributed by atoms with van der Waals surface area (Å²) in [5, 5.41) is 23.2. The van der Waals surface area contributed by atoms with Crippen molar-refractivity contribution >= 4 is 5.65 Å². The molecule has 0 amide bonds. The first-order valence-electron chi connectivity index (χ1n) is 8.30. The molecule has 0 aliphatic carbocycles. The average Bonchev–Trinajstić information content (AvgIpc) is 3.27. The van der Waals surface area contributed by atoms with Crippen LogP contribution in [0.4, 0.5) is 4.39 Å². The summed E-state index contributed by atoms with van der Waals surface area (Å²) in [4.78, 5) is 8.61. The lowest BCUT2D eigenvalue weighted by atomic mass is 10.1. The van der Waals surface area contributed by atoms with E-state index >= 15 is 0 Å². The van der Waals surface area contributed by atoms with Crippen LogP contribution < -0.4 is 0 Å². The van der Waals surface area contributed by atoms with Crippen molar-refractivity contribution in [3.63, 3.8) is 0 Å². The number of imidazole rings is 2. The molecule has 0 bridgehead atoms. The summed E-state index contributed by atoms with van der Waals surface area (Å²) < 4.78 is 16.9. The van der Waals surface area contributed by atoms with Crippen molar-refractivity contribution in [3.05, 3.63) is 59.9 Å². The average molecular weight is 362 g/mol. The van der Waals surface area contributed by atoms with Crippen LogP contribution in [-0.4, -0.2) is 35.9 Å². The van der Waals surface area contributed by atoms with Crippen molar-refractivity contribution in [3.8, 4) is 28.7 Å². The molecule has 0 aliphatic heterocycles. The highest BCUT2D eigenvalue weighted by Gasteiger charge is 2.18. The van der Waals surface area contributed by atoms with E-state index in [0.29, 0.717) is 40.5 Å². The predicted molar refractivity (Wildman–Crippen MR) is 96.1 cm³/mol. The second-order valence-corrected chi connectivity index (χ2v) is 6.07. The quantitative estimate of drug-likeness (QED) is 0.602. The minimum absolute atomic E-state index is 0.0674. The minimum Gasteiger partial charge on any atom is -0.395 e. The van der Waals surface area contributed by atoms with Crippen LogP contribution >= 0.6 is 0 Å². The van der Waals surface area contributed by atoms with Crippen molar-refractivity contribution in [1.82, 2.24) is 24.1 Å². The lowest BCUT2D eigenvalue weighted by Crippen LogP contribution is -2.05. The van der Waals surface area contributed by atoms with Crippen molar-refractivity contribution in [2.24, 2.45) is 0 Å². The van der Waals surface area contributed by atoms with E-state index in [1.165, 1.54) is 16.8 Å². The molecule has 0 unspecified atom stereocenters. The standard InChI is InChI=1S/C19H15FN6O/c1-12-8-13(2-3-15(12)20)18-19(25(6-7-27)11-23-18)16-4-5-17-22-10-14(9-21)26(17)24-16/h2-5,8,10-11,27H,6-7H2,1H3. The Morgan fingerprint density at radius 3 is 2.81 bits per heavy atom. The summed E-state index contributed by atoms with van der Waals surface area (Å²) in [6, 6.07) is 10.4. The monoisotopic (exact) mass is 362 g/mol. The van der Waals surface area contributed by atoms with Gasteiger partial charge in [0.05, 0.1) is 30.5 Å². The fraction of sp³-hybridized carbons (Fsp3) is 0.158. The van der Waals surface area contributed by atoms with Crippen LogP contribution in [0.2, 0.25) is 0 Å². The first kappa shape index (κ1) is 16.9. The molecule has 0 radical (unpaired) electrons. The number of hydrogen-bond donors (Lipinski definition) is 1. The smallest absolute Gasteiger partial charge is 0.162 e.